The Kier molecular flexibility index (Phi) is 13.6. The average molecular weight is 736 g/mol. The molecule has 264 valence electrons. The molecule has 0 saturated carbocycles. The van der Waals surface area contributed by atoms with Gasteiger partial charge in [0.1, 0.15) is 11.5 Å². The number of amides is 1. The zero-order valence-electron chi connectivity index (χ0n) is 28.5. The second-order valence-electron chi connectivity index (χ2n) is 11.8. The Bertz CT molecular complexity index is 1800. The second kappa shape index (κ2) is 18.3. The van der Waals surface area contributed by atoms with Crippen LogP contribution in [0.3, 0.4) is 0 Å². The standard InChI is InChI=1S/C38H42ClN3O6S2/c1-4-6-8-9-12-22-48-30-20-17-26(23-31(30)46-3)33-32(34(43)25-15-18-28(19-16-25)47-21-7-5-2)35(44)36(45)42(33)37-40-41-38(50-37)49-24-27-13-10-11-14-29(27)39/h10-11,13-20,23,33,43H,4-9,12,21-22,24H2,1-3H3. The number of hydrogen-bond acceptors (Lipinski definition) is 10. The van der Waals surface area contributed by atoms with Crippen molar-refractivity contribution in [2.24, 2.45) is 0 Å². The molecule has 1 amide bonds. The lowest BCUT2D eigenvalue weighted by Gasteiger charge is -2.23. The molecule has 50 heavy (non-hydrogen) atoms. The van der Waals surface area contributed by atoms with Crippen molar-refractivity contribution in [1.82, 2.24) is 10.2 Å². The smallest absolute Gasteiger partial charge is 0.301 e. The predicted octanol–water partition coefficient (Wildman–Crippen LogP) is 9.65. The highest BCUT2D eigenvalue weighted by atomic mass is 35.5. The molecule has 1 aromatic heterocycles. The number of rotatable bonds is 18. The van der Waals surface area contributed by atoms with Crippen LogP contribution in [0.5, 0.6) is 17.2 Å². The zero-order valence-corrected chi connectivity index (χ0v) is 30.9. The molecule has 0 bridgehead atoms. The first-order chi connectivity index (χ1) is 24.4. The third-order valence-corrected chi connectivity index (χ3v) is 10.7. The van der Waals surface area contributed by atoms with Gasteiger partial charge in [-0.1, -0.05) is 105 Å². The van der Waals surface area contributed by atoms with Crippen LogP contribution in [0.25, 0.3) is 5.76 Å². The molecule has 1 unspecified atom stereocenters. The van der Waals surface area contributed by atoms with Crippen molar-refractivity contribution in [3.63, 3.8) is 0 Å². The number of halogens is 1. The molecule has 1 saturated heterocycles. The summed E-state index contributed by atoms with van der Waals surface area (Å²) in [5.41, 5.74) is 1.78. The number of unbranched alkanes of at least 4 members (excludes halogenated alkanes) is 5. The van der Waals surface area contributed by atoms with Crippen molar-refractivity contribution < 1.29 is 28.9 Å². The van der Waals surface area contributed by atoms with Gasteiger partial charge in [-0.25, -0.2) is 0 Å². The minimum absolute atomic E-state index is 0.0678. The van der Waals surface area contributed by atoms with E-state index in [0.29, 0.717) is 56.7 Å². The number of ether oxygens (including phenoxy) is 3. The molecule has 1 aliphatic rings. The van der Waals surface area contributed by atoms with Gasteiger partial charge in [-0.3, -0.25) is 14.5 Å². The number of carbonyl (C=O) groups is 2. The first-order valence-electron chi connectivity index (χ1n) is 16.9. The van der Waals surface area contributed by atoms with Crippen LogP contribution in [0, 0.1) is 0 Å². The van der Waals surface area contributed by atoms with Gasteiger partial charge in [0, 0.05) is 16.3 Å². The van der Waals surface area contributed by atoms with E-state index in [1.165, 1.54) is 40.8 Å². The summed E-state index contributed by atoms with van der Waals surface area (Å²) in [4.78, 5) is 28.9. The molecule has 12 heteroatoms. The number of anilines is 1. The fourth-order valence-electron chi connectivity index (χ4n) is 5.52. The van der Waals surface area contributed by atoms with E-state index in [1.807, 2.05) is 24.3 Å². The Morgan fingerprint density at radius 3 is 2.38 bits per heavy atom. The fraction of sp³-hybridized carbons (Fsp3) is 0.368. The number of aromatic nitrogens is 2. The van der Waals surface area contributed by atoms with E-state index in [0.717, 1.165) is 37.7 Å². The molecular weight excluding hydrogens is 694 g/mol. The van der Waals surface area contributed by atoms with Crippen LogP contribution < -0.4 is 19.1 Å². The Morgan fingerprint density at radius 2 is 1.64 bits per heavy atom. The van der Waals surface area contributed by atoms with Crippen LogP contribution in [0.4, 0.5) is 5.13 Å². The highest BCUT2D eigenvalue weighted by Crippen LogP contribution is 2.46. The van der Waals surface area contributed by atoms with Crippen LogP contribution in [0.2, 0.25) is 5.02 Å². The number of methoxy groups -OCH3 is 1. The molecule has 9 nitrogen and oxygen atoms in total. The minimum atomic E-state index is -1.01. The van der Waals surface area contributed by atoms with Gasteiger partial charge in [0.25, 0.3) is 5.78 Å². The van der Waals surface area contributed by atoms with E-state index in [4.69, 9.17) is 25.8 Å². The number of Topliss-reactive ketones (excluding diaryl/α,β-unsaturated/α-hetero) is 1. The normalized spacial score (nSPS) is 15.4. The maximum atomic E-state index is 13.8. The van der Waals surface area contributed by atoms with Gasteiger partial charge in [0.2, 0.25) is 5.13 Å². The molecule has 5 rings (SSSR count). The molecule has 2 heterocycles. The molecule has 1 fully saturated rings. The zero-order chi connectivity index (χ0) is 35.5. The summed E-state index contributed by atoms with van der Waals surface area (Å²) in [5, 5.41) is 21.2. The number of aliphatic hydroxyl groups is 1. The van der Waals surface area contributed by atoms with Crippen molar-refractivity contribution in [1.29, 1.82) is 0 Å². The maximum Gasteiger partial charge on any atom is 0.301 e. The van der Waals surface area contributed by atoms with Crippen molar-refractivity contribution in [3.05, 3.63) is 94.0 Å². The lowest BCUT2D eigenvalue weighted by atomic mass is 9.95. The topological polar surface area (TPSA) is 111 Å². The van der Waals surface area contributed by atoms with Gasteiger partial charge in [-0.2, -0.15) is 0 Å². The fourth-order valence-corrected chi connectivity index (χ4v) is 7.67. The van der Waals surface area contributed by atoms with E-state index in [9.17, 15) is 14.7 Å². The van der Waals surface area contributed by atoms with Gasteiger partial charge in [0.15, 0.2) is 15.8 Å². The summed E-state index contributed by atoms with van der Waals surface area (Å²) in [7, 11) is 1.54. The Labute approximate surface area is 306 Å². The summed E-state index contributed by atoms with van der Waals surface area (Å²) >= 11 is 8.97. The van der Waals surface area contributed by atoms with Gasteiger partial charge in [-0.15, -0.1) is 10.2 Å². The van der Waals surface area contributed by atoms with E-state index in [-0.39, 0.29) is 16.5 Å². The molecule has 1 atom stereocenters. The maximum absolute atomic E-state index is 13.8. The quantitative estimate of drug-likeness (QED) is 0.0267. The Balaban J connectivity index is 1.48. The molecule has 0 spiro atoms. The van der Waals surface area contributed by atoms with Gasteiger partial charge in [0.05, 0.1) is 31.9 Å². The highest BCUT2D eigenvalue weighted by molar-refractivity contribution is 8.00. The number of ketones is 1. The third kappa shape index (κ3) is 8.99. The van der Waals surface area contributed by atoms with Gasteiger partial charge < -0.3 is 19.3 Å². The average Bonchev–Trinajstić information content (AvgIpc) is 3.70. The van der Waals surface area contributed by atoms with E-state index >= 15 is 0 Å². The summed E-state index contributed by atoms with van der Waals surface area (Å²) in [6.45, 7) is 5.38. The summed E-state index contributed by atoms with van der Waals surface area (Å²) in [5.74, 6) is 0.240. The number of aliphatic hydroxyl groups excluding tert-OH is 1. The molecular formula is C38H42ClN3O6S2. The molecule has 0 radical (unpaired) electrons. The molecule has 0 aliphatic carbocycles. The van der Waals surface area contributed by atoms with Crippen molar-refractivity contribution in [2.45, 2.75) is 74.9 Å². The lowest BCUT2D eigenvalue weighted by Crippen LogP contribution is -2.29. The van der Waals surface area contributed by atoms with Crippen molar-refractivity contribution in [2.75, 3.05) is 25.2 Å². The Morgan fingerprint density at radius 1 is 0.900 bits per heavy atom. The largest absolute Gasteiger partial charge is 0.507 e. The number of hydrogen-bond donors (Lipinski definition) is 1. The number of nitrogens with zero attached hydrogens (tertiary/aromatic N) is 3. The molecule has 4 aromatic rings. The van der Waals surface area contributed by atoms with E-state index in [1.54, 1.807) is 49.6 Å². The van der Waals surface area contributed by atoms with Crippen LogP contribution >= 0.6 is 34.7 Å². The highest BCUT2D eigenvalue weighted by Gasteiger charge is 2.48. The number of thioether (sulfide) groups is 1. The SMILES string of the molecule is CCCCCCCOc1ccc(C2C(=C(O)c3ccc(OCCCC)cc3)C(=O)C(=O)N2c2nnc(SCc3ccccc3Cl)s2)cc1OC. The van der Waals surface area contributed by atoms with Crippen LogP contribution in [0.1, 0.15) is 81.5 Å². The summed E-state index contributed by atoms with van der Waals surface area (Å²) < 4.78 is 18.2. The first-order valence-corrected chi connectivity index (χ1v) is 19.1. The van der Waals surface area contributed by atoms with Crippen molar-refractivity contribution >= 4 is 57.3 Å². The predicted molar refractivity (Wildman–Crippen MR) is 200 cm³/mol. The molecule has 3 aromatic carbocycles. The van der Waals surface area contributed by atoms with Crippen molar-refractivity contribution in [3.8, 4) is 17.2 Å². The van der Waals surface area contributed by atoms with Crippen LogP contribution in [-0.4, -0.2) is 47.3 Å². The van der Waals surface area contributed by atoms with Crippen LogP contribution in [0.15, 0.2) is 76.6 Å². The van der Waals surface area contributed by atoms with Gasteiger partial charge in [-0.05, 0) is 66.4 Å². The monoisotopic (exact) mass is 735 g/mol. The molecule has 1 N–H and O–H groups in total. The number of benzene rings is 3. The second-order valence-corrected chi connectivity index (χ2v) is 14.4. The lowest BCUT2D eigenvalue weighted by molar-refractivity contribution is -0.132. The van der Waals surface area contributed by atoms with E-state index < -0.39 is 17.7 Å². The van der Waals surface area contributed by atoms with Gasteiger partial charge >= 0.3 is 5.91 Å². The van der Waals surface area contributed by atoms with Crippen LogP contribution in [-0.2, 0) is 15.3 Å². The minimum Gasteiger partial charge on any atom is -0.507 e. The third-order valence-electron chi connectivity index (χ3n) is 8.26. The summed E-state index contributed by atoms with van der Waals surface area (Å²) in [6.07, 6.45) is 7.45. The molecule has 1 aliphatic heterocycles. The van der Waals surface area contributed by atoms with E-state index in [2.05, 4.69) is 24.0 Å². The summed E-state index contributed by atoms with van der Waals surface area (Å²) in [6, 6.07) is 18.6. The Hall–Kier alpha value is -4.06. The number of carbonyl (C=O) groups excluding carboxylic acids is 2. The first kappa shape index (κ1) is 37.2.